The van der Waals surface area contributed by atoms with Crippen LogP contribution in [-0.4, -0.2) is 82.9 Å². The molecule has 2 aromatic heterocycles. The van der Waals surface area contributed by atoms with E-state index in [-0.39, 0.29) is 5.91 Å². The average molecular weight is 437 g/mol. The van der Waals surface area contributed by atoms with E-state index in [1.165, 1.54) is 11.8 Å². The molecule has 0 aliphatic rings. The van der Waals surface area contributed by atoms with Crippen LogP contribution in [0, 0.1) is 6.92 Å². The van der Waals surface area contributed by atoms with Gasteiger partial charge >= 0.3 is 0 Å². The van der Waals surface area contributed by atoms with E-state index in [4.69, 9.17) is 15.7 Å². The quantitative estimate of drug-likeness (QED) is 0.359. The van der Waals surface area contributed by atoms with Crippen molar-refractivity contribution in [3.8, 4) is 0 Å². The van der Waals surface area contributed by atoms with Crippen LogP contribution in [0.4, 0.5) is 5.95 Å². The summed E-state index contributed by atoms with van der Waals surface area (Å²) in [5, 5.41) is 3.71. The van der Waals surface area contributed by atoms with Gasteiger partial charge in [0.1, 0.15) is 5.52 Å². The van der Waals surface area contributed by atoms with Crippen LogP contribution in [0.3, 0.4) is 0 Å². The van der Waals surface area contributed by atoms with Crippen LogP contribution in [0.25, 0.3) is 11.2 Å². The van der Waals surface area contributed by atoms with Gasteiger partial charge in [0.2, 0.25) is 11.9 Å². The van der Waals surface area contributed by atoms with Gasteiger partial charge < -0.3 is 25.4 Å². The Labute approximate surface area is 183 Å². The van der Waals surface area contributed by atoms with E-state index in [1.807, 2.05) is 6.92 Å². The number of aryl methyl sites for hydroxylation is 2. The van der Waals surface area contributed by atoms with Crippen molar-refractivity contribution in [2.75, 3.05) is 57.5 Å². The fourth-order valence-electron chi connectivity index (χ4n) is 3.12. The summed E-state index contributed by atoms with van der Waals surface area (Å²) in [4.78, 5) is 30.8. The molecule has 0 atom stereocenters. The number of hydrogen-bond donors (Lipinski definition) is 2. The molecule has 0 fully saturated rings. The van der Waals surface area contributed by atoms with Gasteiger partial charge in [-0.15, -0.1) is 0 Å². The molecule has 0 aromatic carbocycles. The predicted molar refractivity (Wildman–Crippen MR) is 124 cm³/mol. The molecule has 3 N–H and O–H groups in total. The standard InChI is InChI=1S/C20H36N8OS/c1-6-27(7-2)19-23-15(3)17-18(25-19)28(13-9-12-26(4)5)20(24-17)30-14-16(29)22-11-8-10-21/h6-14,21H2,1-5H3,(H,22,29). The first-order valence-electron chi connectivity index (χ1n) is 10.6. The smallest absolute Gasteiger partial charge is 0.230 e. The zero-order valence-electron chi connectivity index (χ0n) is 18.9. The Balaban J connectivity index is 2.32. The van der Waals surface area contributed by atoms with Gasteiger partial charge in [0.25, 0.3) is 0 Å². The summed E-state index contributed by atoms with van der Waals surface area (Å²) < 4.78 is 2.14. The zero-order chi connectivity index (χ0) is 22.1. The number of fused-ring (bicyclic) bond motifs is 1. The van der Waals surface area contributed by atoms with Gasteiger partial charge in [-0.2, -0.15) is 4.98 Å². The molecule has 0 aliphatic carbocycles. The second-order valence-electron chi connectivity index (χ2n) is 7.44. The van der Waals surface area contributed by atoms with Crippen LogP contribution in [-0.2, 0) is 11.3 Å². The number of hydrogen-bond acceptors (Lipinski definition) is 8. The average Bonchev–Trinajstić information content (AvgIpc) is 3.06. The lowest BCUT2D eigenvalue weighted by molar-refractivity contribution is -0.118. The number of aromatic nitrogens is 4. The van der Waals surface area contributed by atoms with E-state index in [2.05, 4.69) is 52.6 Å². The third-order valence-electron chi connectivity index (χ3n) is 4.79. The van der Waals surface area contributed by atoms with Crippen molar-refractivity contribution in [3.05, 3.63) is 5.69 Å². The van der Waals surface area contributed by atoms with Crippen molar-refractivity contribution in [1.29, 1.82) is 0 Å². The number of amides is 1. The molecule has 2 heterocycles. The Kier molecular flexibility index (Phi) is 9.80. The second-order valence-corrected chi connectivity index (χ2v) is 8.38. The van der Waals surface area contributed by atoms with Gasteiger partial charge in [-0.3, -0.25) is 4.79 Å². The summed E-state index contributed by atoms with van der Waals surface area (Å²) >= 11 is 1.45. The summed E-state index contributed by atoms with van der Waals surface area (Å²) in [6.45, 7) is 10.8. The molecule has 0 bridgehead atoms. The Morgan fingerprint density at radius 3 is 2.53 bits per heavy atom. The third kappa shape index (κ3) is 6.55. The summed E-state index contributed by atoms with van der Waals surface area (Å²) in [6.07, 6.45) is 1.75. The van der Waals surface area contributed by atoms with Crippen LogP contribution in [0.5, 0.6) is 0 Å². The molecule has 1 amide bonds. The van der Waals surface area contributed by atoms with Gasteiger partial charge in [0.15, 0.2) is 10.8 Å². The SMILES string of the molecule is CCN(CC)c1nc(C)c2nc(SCC(=O)NCCCN)n(CCCN(C)C)c2n1. The summed E-state index contributed by atoms with van der Waals surface area (Å²) in [6, 6.07) is 0. The normalized spacial score (nSPS) is 11.4. The minimum absolute atomic E-state index is 0.00742. The van der Waals surface area contributed by atoms with E-state index < -0.39 is 0 Å². The lowest BCUT2D eigenvalue weighted by atomic mass is 10.3. The highest BCUT2D eigenvalue weighted by atomic mass is 32.2. The number of nitrogens with one attached hydrogen (secondary N) is 1. The Bertz CT molecular complexity index is 819. The predicted octanol–water partition coefficient (Wildman–Crippen LogP) is 1.49. The van der Waals surface area contributed by atoms with E-state index in [1.54, 1.807) is 0 Å². The van der Waals surface area contributed by atoms with Gasteiger partial charge in [0, 0.05) is 26.2 Å². The van der Waals surface area contributed by atoms with Crippen molar-refractivity contribution in [1.82, 2.24) is 29.7 Å². The van der Waals surface area contributed by atoms with Crippen LogP contribution in [0.15, 0.2) is 5.16 Å². The van der Waals surface area contributed by atoms with Crippen molar-refractivity contribution in [2.45, 2.75) is 45.3 Å². The molecule has 2 rings (SSSR count). The topological polar surface area (TPSA) is 105 Å². The third-order valence-corrected chi connectivity index (χ3v) is 5.77. The van der Waals surface area contributed by atoms with Crippen LogP contribution in [0.2, 0.25) is 0 Å². The van der Waals surface area contributed by atoms with Gasteiger partial charge in [0.05, 0.1) is 11.4 Å². The van der Waals surface area contributed by atoms with Gasteiger partial charge in [-0.25, -0.2) is 9.97 Å². The van der Waals surface area contributed by atoms with Crippen LogP contribution >= 0.6 is 11.8 Å². The van der Waals surface area contributed by atoms with Gasteiger partial charge in [-0.05, 0) is 60.8 Å². The number of nitrogens with two attached hydrogens (primary N) is 1. The maximum absolute atomic E-state index is 12.2. The highest BCUT2D eigenvalue weighted by Gasteiger charge is 2.19. The second kappa shape index (κ2) is 12.1. The molecule has 0 unspecified atom stereocenters. The van der Waals surface area contributed by atoms with Gasteiger partial charge in [-0.1, -0.05) is 11.8 Å². The molecular formula is C20H36N8OS. The minimum atomic E-state index is -0.00742. The monoisotopic (exact) mass is 436 g/mol. The first-order valence-corrected chi connectivity index (χ1v) is 11.6. The fraction of sp³-hybridized carbons (Fsp3) is 0.700. The molecule has 10 heteroatoms. The maximum atomic E-state index is 12.2. The van der Waals surface area contributed by atoms with Crippen molar-refractivity contribution < 1.29 is 4.79 Å². The molecule has 0 spiro atoms. The van der Waals surface area contributed by atoms with Crippen LogP contribution < -0.4 is 16.0 Å². The van der Waals surface area contributed by atoms with Crippen molar-refractivity contribution in [2.24, 2.45) is 5.73 Å². The summed E-state index contributed by atoms with van der Waals surface area (Å²) in [5.41, 5.74) is 8.00. The first-order chi connectivity index (χ1) is 14.4. The number of carbonyl (C=O) groups is 1. The number of thioether (sulfide) groups is 1. The Morgan fingerprint density at radius 1 is 1.17 bits per heavy atom. The van der Waals surface area contributed by atoms with Crippen molar-refractivity contribution in [3.63, 3.8) is 0 Å². The Hall–Kier alpha value is -1.91. The van der Waals surface area contributed by atoms with E-state index in [0.29, 0.717) is 18.8 Å². The first kappa shape index (κ1) is 24.4. The molecular weight excluding hydrogens is 400 g/mol. The molecule has 9 nitrogen and oxygen atoms in total. The molecule has 0 aliphatic heterocycles. The molecule has 30 heavy (non-hydrogen) atoms. The molecule has 0 saturated carbocycles. The number of carbonyl (C=O) groups excluding carboxylic acids is 1. The number of nitrogens with zero attached hydrogens (tertiary/aromatic N) is 6. The largest absolute Gasteiger partial charge is 0.355 e. The highest BCUT2D eigenvalue weighted by molar-refractivity contribution is 7.99. The number of rotatable bonds is 13. The maximum Gasteiger partial charge on any atom is 0.230 e. The van der Waals surface area contributed by atoms with E-state index in [0.717, 1.165) is 67.0 Å². The number of imidazole rings is 1. The summed E-state index contributed by atoms with van der Waals surface area (Å²) in [7, 11) is 4.14. The molecule has 168 valence electrons. The highest BCUT2D eigenvalue weighted by Crippen LogP contribution is 2.26. The van der Waals surface area contributed by atoms with E-state index in [9.17, 15) is 4.79 Å². The molecule has 2 aromatic rings. The Morgan fingerprint density at radius 2 is 1.90 bits per heavy atom. The molecule has 0 radical (unpaired) electrons. The van der Waals surface area contributed by atoms with Crippen molar-refractivity contribution >= 4 is 34.8 Å². The lowest BCUT2D eigenvalue weighted by Gasteiger charge is -2.19. The van der Waals surface area contributed by atoms with E-state index >= 15 is 0 Å². The fourth-order valence-corrected chi connectivity index (χ4v) is 3.97. The number of anilines is 1. The van der Waals surface area contributed by atoms with Crippen LogP contribution in [0.1, 0.15) is 32.4 Å². The lowest BCUT2D eigenvalue weighted by Crippen LogP contribution is -2.27. The zero-order valence-corrected chi connectivity index (χ0v) is 19.8. The summed E-state index contributed by atoms with van der Waals surface area (Å²) in [5.74, 6) is 1.04. The minimum Gasteiger partial charge on any atom is -0.355 e. The molecule has 0 saturated heterocycles.